The Balaban J connectivity index is 1.54. The van der Waals surface area contributed by atoms with Gasteiger partial charge in [-0.25, -0.2) is 4.98 Å². The van der Waals surface area contributed by atoms with Crippen LogP contribution in [0.1, 0.15) is 55.3 Å². The third-order valence-electron chi connectivity index (χ3n) is 4.82. The van der Waals surface area contributed by atoms with Gasteiger partial charge >= 0.3 is 0 Å². The first-order valence-electron chi connectivity index (χ1n) is 10.3. The molecule has 6 heteroatoms. The summed E-state index contributed by atoms with van der Waals surface area (Å²) in [6.45, 7) is 4.47. The second-order valence-electron chi connectivity index (χ2n) is 6.96. The fraction of sp³-hybridized carbons (Fsp3) is 0.292. The molecule has 1 heterocycles. The monoisotopic (exact) mass is 405 g/mol. The van der Waals surface area contributed by atoms with E-state index in [0.29, 0.717) is 24.4 Å². The van der Waals surface area contributed by atoms with Gasteiger partial charge in [-0.2, -0.15) is 0 Å². The molecule has 3 aromatic rings. The van der Waals surface area contributed by atoms with Gasteiger partial charge in [0.05, 0.1) is 24.5 Å². The molecule has 0 aliphatic heterocycles. The highest BCUT2D eigenvalue weighted by molar-refractivity contribution is 5.98. The fourth-order valence-corrected chi connectivity index (χ4v) is 3.18. The zero-order valence-corrected chi connectivity index (χ0v) is 17.4. The van der Waals surface area contributed by atoms with Gasteiger partial charge in [-0.15, -0.1) is 0 Å². The minimum atomic E-state index is -0.226. The smallest absolute Gasteiger partial charge is 0.221 e. The summed E-state index contributed by atoms with van der Waals surface area (Å²) < 4.78 is 5.38. The second kappa shape index (κ2) is 10.4. The van der Waals surface area contributed by atoms with Crippen molar-refractivity contribution in [2.45, 2.75) is 39.2 Å². The number of carbonyl (C=O) groups excluding carboxylic acids is 2. The number of nitrogens with zero attached hydrogens (tertiary/aromatic N) is 1. The number of aromatic nitrogens is 2. The number of ether oxygens (including phenoxy) is 1. The Morgan fingerprint density at radius 2 is 1.77 bits per heavy atom. The molecule has 1 aromatic heterocycles. The van der Waals surface area contributed by atoms with Crippen LogP contribution in [0, 0.1) is 0 Å². The van der Waals surface area contributed by atoms with E-state index in [-0.39, 0.29) is 30.6 Å². The van der Waals surface area contributed by atoms with Crippen molar-refractivity contribution in [2.75, 3.05) is 6.61 Å². The molecule has 0 saturated heterocycles. The van der Waals surface area contributed by atoms with Gasteiger partial charge in [0.1, 0.15) is 11.6 Å². The van der Waals surface area contributed by atoms with Gasteiger partial charge in [-0.3, -0.25) is 9.59 Å². The molecule has 2 aromatic carbocycles. The summed E-state index contributed by atoms with van der Waals surface area (Å²) >= 11 is 0. The molecule has 156 valence electrons. The largest absolute Gasteiger partial charge is 0.494 e. The normalized spacial score (nSPS) is 11.7. The minimum absolute atomic E-state index is 0.0643. The summed E-state index contributed by atoms with van der Waals surface area (Å²) in [4.78, 5) is 32.5. The van der Waals surface area contributed by atoms with Crippen LogP contribution in [0.25, 0.3) is 11.3 Å². The highest BCUT2D eigenvalue weighted by Gasteiger charge is 2.17. The number of ketones is 1. The third-order valence-corrected chi connectivity index (χ3v) is 4.82. The molecule has 30 heavy (non-hydrogen) atoms. The molecule has 0 spiro atoms. The van der Waals surface area contributed by atoms with Crippen molar-refractivity contribution >= 4 is 11.7 Å². The number of carbonyl (C=O) groups is 2. The lowest BCUT2D eigenvalue weighted by molar-refractivity contribution is -0.121. The van der Waals surface area contributed by atoms with Crippen molar-refractivity contribution in [3.05, 3.63) is 72.2 Å². The van der Waals surface area contributed by atoms with Crippen LogP contribution in [-0.2, 0) is 4.79 Å². The van der Waals surface area contributed by atoms with Gasteiger partial charge < -0.3 is 15.0 Å². The van der Waals surface area contributed by atoms with Gasteiger partial charge in [0.15, 0.2) is 5.78 Å². The highest BCUT2D eigenvalue weighted by Crippen LogP contribution is 2.21. The molecule has 3 rings (SSSR count). The first-order valence-corrected chi connectivity index (χ1v) is 10.3. The van der Waals surface area contributed by atoms with E-state index in [9.17, 15) is 9.59 Å². The number of H-pyrrole nitrogens is 1. The van der Waals surface area contributed by atoms with E-state index in [1.807, 2.05) is 44.2 Å². The molecule has 0 saturated carbocycles. The maximum absolute atomic E-state index is 12.4. The summed E-state index contributed by atoms with van der Waals surface area (Å²) in [5, 5.41) is 2.98. The number of benzene rings is 2. The Hall–Kier alpha value is -3.41. The third kappa shape index (κ3) is 5.56. The van der Waals surface area contributed by atoms with Crippen LogP contribution in [0.2, 0.25) is 0 Å². The molecular formula is C24H27N3O3. The Morgan fingerprint density at radius 3 is 2.43 bits per heavy atom. The number of rotatable bonds is 10. The van der Waals surface area contributed by atoms with Crippen LogP contribution < -0.4 is 10.1 Å². The molecule has 0 bridgehead atoms. The van der Waals surface area contributed by atoms with E-state index >= 15 is 0 Å². The Labute approximate surface area is 176 Å². The van der Waals surface area contributed by atoms with Gasteiger partial charge in [0.2, 0.25) is 5.91 Å². The topological polar surface area (TPSA) is 84.1 Å². The van der Waals surface area contributed by atoms with Crippen molar-refractivity contribution in [3.8, 4) is 17.0 Å². The molecule has 0 aliphatic rings. The number of aromatic amines is 1. The molecule has 1 amide bonds. The van der Waals surface area contributed by atoms with E-state index in [2.05, 4.69) is 15.3 Å². The number of Topliss-reactive ketones (excluding diaryl/α,β-unsaturated/α-hetero) is 1. The molecule has 0 aliphatic carbocycles. The predicted octanol–water partition coefficient (Wildman–Crippen LogP) is 4.71. The highest BCUT2D eigenvalue weighted by atomic mass is 16.5. The number of nitrogens with one attached hydrogen (secondary N) is 2. The number of hydrogen-bond acceptors (Lipinski definition) is 4. The van der Waals surface area contributed by atoms with Gasteiger partial charge in [-0.05, 0) is 43.2 Å². The Morgan fingerprint density at radius 1 is 1.03 bits per heavy atom. The van der Waals surface area contributed by atoms with Crippen LogP contribution >= 0.6 is 0 Å². The average molecular weight is 405 g/mol. The number of hydrogen-bond donors (Lipinski definition) is 2. The maximum atomic E-state index is 12.4. The van der Waals surface area contributed by atoms with Crippen LogP contribution in [0.5, 0.6) is 5.75 Å². The van der Waals surface area contributed by atoms with E-state index in [1.54, 1.807) is 30.5 Å². The molecule has 0 fully saturated rings. The number of imidazole rings is 1. The van der Waals surface area contributed by atoms with Gasteiger partial charge in [-0.1, -0.05) is 37.3 Å². The van der Waals surface area contributed by atoms with Crippen molar-refractivity contribution < 1.29 is 14.3 Å². The lowest BCUT2D eigenvalue weighted by Gasteiger charge is -2.14. The predicted molar refractivity (Wildman–Crippen MR) is 116 cm³/mol. The average Bonchev–Trinajstić information content (AvgIpc) is 3.27. The first kappa shape index (κ1) is 21.3. The zero-order valence-electron chi connectivity index (χ0n) is 17.4. The second-order valence-corrected chi connectivity index (χ2v) is 6.96. The summed E-state index contributed by atoms with van der Waals surface area (Å²) in [5.41, 5.74) is 2.53. The molecule has 0 radical (unpaired) electrons. The molecule has 6 nitrogen and oxygen atoms in total. The van der Waals surface area contributed by atoms with Gasteiger partial charge in [0.25, 0.3) is 0 Å². The first-order chi connectivity index (χ1) is 14.6. The Bertz CT molecular complexity index is 965. The molecule has 1 unspecified atom stereocenters. The molecule has 2 N–H and O–H groups in total. The van der Waals surface area contributed by atoms with Crippen molar-refractivity contribution in [1.29, 1.82) is 0 Å². The van der Waals surface area contributed by atoms with E-state index < -0.39 is 0 Å². The fourth-order valence-electron chi connectivity index (χ4n) is 3.18. The molecular weight excluding hydrogens is 378 g/mol. The maximum Gasteiger partial charge on any atom is 0.221 e. The van der Waals surface area contributed by atoms with Crippen LogP contribution in [0.15, 0.2) is 60.8 Å². The van der Waals surface area contributed by atoms with Gasteiger partial charge in [0, 0.05) is 18.4 Å². The van der Waals surface area contributed by atoms with Crippen molar-refractivity contribution in [3.63, 3.8) is 0 Å². The van der Waals surface area contributed by atoms with E-state index in [1.165, 1.54) is 0 Å². The lowest BCUT2D eigenvalue weighted by atomic mass is 10.1. The minimum Gasteiger partial charge on any atom is -0.494 e. The summed E-state index contributed by atoms with van der Waals surface area (Å²) in [6, 6.07) is 16.7. The van der Waals surface area contributed by atoms with E-state index in [0.717, 1.165) is 17.0 Å². The summed E-state index contributed by atoms with van der Waals surface area (Å²) in [5.74, 6) is 1.21. The van der Waals surface area contributed by atoms with E-state index in [4.69, 9.17) is 4.74 Å². The van der Waals surface area contributed by atoms with Crippen LogP contribution in [0.3, 0.4) is 0 Å². The molecule has 1 atom stereocenters. The summed E-state index contributed by atoms with van der Waals surface area (Å²) in [6.07, 6.45) is 2.76. The lowest BCUT2D eigenvalue weighted by Crippen LogP contribution is -2.29. The van der Waals surface area contributed by atoms with Crippen LogP contribution in [0.4, 0.5) is 0 Å². The quantitative estimate of drug-likeness (QED) is 0.479. The Kier molecular flexibility index (Phi) is 7.38. The van der Waals surface area contributed by atoms with Crippen LogP contribution in [-0.4, -0.2) is 28.3 Å². The SMILES string of the molecule is CCOc1ccc(C(=O)CCC(=O)NC(CC)c2ncc(-c3ccccc3)[nH]2)cc1. The number of amides is 1. The standard InChI is InChI=1S/C24H27N3O3/c1-3-20(24-25-16-21(27-24)17-8-6-5-7-9-17)26-23(29)15-14-22(28)18-10-12-19(13-11-18)30-4-2/h5-13,16,20H,3-4,14-15H2,1-2H3,(H,25,27)(H,26,29). The zero-order chi connectivity index (χ0) is 21.3. The summed E-state index contributed by atoms with van der Waals surface area (Å²) in [7, 11) is 0. The van der Waals surface area contributed by atoms with Crippen molar-refractivity contribution in [1.82, 2.24) is 15.3 Å². The van der Waals surface area contributed by atoms with Crippen molar-refractivity contribution in [2.24, 2.45) is 0 Å².